The number of nitrogens with one attached hydrogen (secondary N) is 2. The number of H-pyrrole nitrogens is 1. The molecule has 0 saturated heterocycles. The van der Waals surface area contributed by atoms with Crippen LogP contribution in [0.4, 0.5) is 5.69 Å². The Morgan fingerprint density at radius 1 is 1.19 bits per heavy atom. The number of aromatic amines is 1. The fourth-order valence-electron chi connectivity index (χ4n) is 2.93. The number of halogens is 2. The van der Waals surface area contributed by atoms with Crippen LogP contribution in [0.15, 0.2) is 53.0 Å². The number of nitrogens with zero attached hydrogens (tertiary/aromatic N) is 2. The van der Waals surface area contributed by atoms with Gasteiger partial charge in [0.2, 0.25) is 0 Å². The molecule has 3 aromatic rings. The molecule has 0 spiro atoms. The number of aromatic nitrogens is 2. The van der Waals surface area contributed by atoms with E-state index in [0.29, 0.717) is 26.6 Å². The van der Waals surface area contributed by atoms with Crippen LogP contribution >= 0.6 is 23.2 Å². The molecule has 0 bridgehead atoms. The van der Waals surface area contributed by atoms with Gasteiger partial charge in [0.05, 0.1) is 33.7 Å². The lowest BCUT2D eigenvalue weighted by Crippen LogP contribution is -2.27. The van der Waals surface area contributed by atoms with Gasteiger partial charge in [0.1, 0.15) is 17.4 Å². The quantitative estimate of drug-likeness (QED) is 0.620. The van der Waals surface area contributed by atoms with Crippen molar-refractivity contribution in [3.63, 3.8) is 0 Å². The summed E-state index contributed by atoms with van der Waals surface area (Å²) in [7, 11) is 0. The first-order chi connectivity index (χ1) is 12.5. The molecule has 0 aliphatic carbocycles. The Bertz CT molecular complexity index is 1150. The van der Waals surface area contributed by atoms with Gasteiger partial charge in [-0.1, -0.05) is 35.3 Å². The summed E-state index contributed by atoms with van der Waals surface area (Å²) in [5, 5.41) is 20.2. The molecule has 3 N–H and O–H groups in total. The van der Waals surface area contributed by atoms with Crippen molar-refractivity contribution < 1.29 is 5.11 Å². The zero-order chi connectivity index (χ0) is 18.4. The Kier molecular flexibility index (Phi) is 3.94. The number of amidine groups is 1. The smallest absolute Gasteiger partial charge is 0.259 e. The van der Waals surface area contributed by atoms with Crippen LogP contribution in [0.5, 0.6) is 0 Å². The van der Waals surface area contributed by atoms with Gasteiger partial charge < -0.3 is 15.0 Å². The second-order valence-electron chi connectivity index (χ2n) is 5.78. The van der Waals surface area contributed by atoms with E-state index in [2.05, 4.69) is 9.97 Å². The number of rotatable bonds is 2. The lowest BCUT2D eigenvalue weighted by atomic mass is 10.2. The zero-order valence-corrected chi connectivity index (χ0v) is 14.8. The Labute approximate surface area is 157 Å². The van der Waals surface area contributed by atoms with E-state index in [0.717, 1.165) is 0 Å². The van der Waals surface area contributed by atoms with Crippen LogP contribution in [0.2, 0.25) is 10.0 Å². The molecule has 0 radical (unpaired) electrons. The molecule has 2 heterocycles. The largest absolute Gasteiger partial charge is 0.509 e. The summed E-state index contributed by atoms with van der Waals surface area (Å²) in [5.74, 6) is 0.0337. The fraction of sp³-hybridized carbons (Fsp3) is 0.0556. The number of aliphatic hydroxyl groups excluding tert-OH is 1. The molecule has 0 saturated carbocycles. The summed E-state index contributed by atoms with van der Waals surface area (Å²) in [4.78, 5) is 20.8. The van der Waals surface area contributed by atoms with Gasteiger partial charge in [-0.3, -0.25) is 10.2 Å². The number of fused-ring (bicyclic) bond motifs is 1. The van der Waals surface area contributed by atoms with Crippen molar-refractivity contribution in [2.75, 3.05) is 11.4 Å². The van der Waals surface area contributed by atoms with E-state index in [9.17, 15) is 9.90 Å². The Morgan fingerprint density at radius 3 is 2.77 bits per heavy atom. The minimum absolute atomic E-state index is 0.0231. The van der Waals surface area contributed by atoms with Crippen LogP contribution in [-0.2, 0) is 0 Å². The molecule has 130 valence electrons. The number of para-hydroxylation sites is 1. The highest BCUT2D eigenvalue weighted by Gasteiger charge is 2.32. The number of anilines is 1. The van der Waals surface area contributed by atoms with E-state index in [1.807, 2.05) is 0 Å². The molecule has 1 aliphatic heterocycles. The predicted molar refractivity (Wildman–Crippen MR) is 103 cm³/mol. The van der Waals surface area contributed by atoms with Crippen LogP contribution < -0.4 is 10.5 Å². The van der Waals surface area contributed by atoms with E-state index < -0.39 is 0 Å². The molecule has 6 nitrogen and oxygen atoms in total. The topological polar surface area (TPSA) is 93.1 Å². The maximum atomic E-state index is 12.3. The number of hydrogen-bond acceptors (Lipinski definition) is 4. The number of benzene rings is 2. The third-order valence-corrected chi connectivity index (χ3v) is 4.71. The lowest BCUT2D eigenvalue weighted by molar-refractivity contribution is 0.411. The zero-order valence-electron chi connectivity index (χ0n) is 13.3. The first-order valence-electron chi connectivity index (χ1n) is 7.69. The number of aliphatic hydroxyl groups is 1. The summed E-state index contributed by atoms with van der Waals surface area (Å²) >= 11 is 12.2. The third-order valence-electron chi connectivity index (χ3n) is 4.15. The lowest BCUT2D eigenvalue weighted by Gasteiger charge is -2.20. The first-order valence-corrected chi connectivity index (χ1v) is 8.44. The van der Waals surface area contributed by atoms with E-state index in [4.69, 9.17) is 28.6 Å². The molecule has 0 unspecified atom stereocenters. The van der Waals surface area contributed by atoms with Gasteiger partial charge in [-0.25, -0.2) is 4.98 Å². The van der Waals surface area contributed by atoms with Gasteiger partial charge in [-0.05, 0) is 30.3 Å². The summed E-state index contributed by atoms with van der Waals surface area (Å²) in [6.45, 7) is 0.0325. The van der Waals surface area contributed by atoms with E-state index in [1.165, 1.54) is 4.90 Å². The summed E-state index contributed by atoms with van der Waals surface area (Å²) in [6, 6.07) is 11.8. The molecule has 8 heteroatoms. The van der Waals surface area contributed by atoms with Crippen molar-refractivity contribution in [1.29, 1.82) is 5.41 Å². The summed E-state index contributed by atoms with van der Waals surface area (Å²) < 4.78 is 0. The Hall–Kier alpha value is -2.83. The van der Waals surface area contributed by atoms with E-state index >= 15 is 0 Å². The second kappa shape index (κ2) is 6.16. The van der Waals surface area contributed by atoms with Crippen molar-refractivity contribution in [3.05, 3.63) is 74.4 Å². The average Bonchev–Trinajstić information content (AvgIpc) is 2.91. The molecule has 4 rings (SSSR count). The predicted octanol–water partition coefficient (Wildman–Crippen LogP) is 4.00. The Balaban J connectivity index is 1.81. The van der Waals surface area contributed by atoms with Crippen LogP contribution in [0.25, 0.3) is 16.5 Å². The highest BCUT2D eigenvalue weighted by atomic mass is 35.5. The van der Waals surface area contributed by atoms with E-state index in [-0.39, 0.29) is 35.1 Å². The van der Waals surface area contributed by atoms with Crippen molar-refractivity contribution in [2.24, 2.45) is 0 Å². The summed E-state index contributed by atoms with van der Waals surface area (Å²) in [6.07, 6.45) is 0. The highest BCUT2D eigenvalue weighted by molar-refractivity contribution is 6.38. The second-order valence-corrected chi connectivity index (χ2v) is 6.63. The van der Waals surface area contributed by atoms with Crippen molar-refractivity contribution >= 4 is 51.2 Å². The van der Waals surface area contributed by atoms with Gasteiger partial charge in [0.15, 0.2) is 0 Å². The van der Waals surface area contributed by atoms with Crippen molar-refractivity contribution in [2.45, 2.75) is 0 Å². The molecule has 0 atom stereocenters. The van der Waals surface area contributed by atoms with Crippen LogP contribution in [0, 0.1) is 5.41 Å². The highest BCUT2D eigenvalue weighted by Crippen LogP contribution is 2.35. The van der Waals surface area contributed by atoms with Gasteiger partial charge in [0, 0.05) is 5.02 Å². The molecule has 1 aliphatic rings. The normalized spacial score (nSPS) is 14.5. The van der Waals surface area contributed by atoms with Crippen LogP contribution in [0.1, 0.15) is 5.82 Å². The van der Waals surface area contributed by atoms with Crippen molar-refractivity contribution in [1.82, 2.24) is 9.97 Å². The van der Waals surface area contributed by atoms with Crippen molar-refractivity contribution in [3.8, 4) is 0 Å². The average molecular weight is 387 g/mol. The van der Waals surface area contributed by atoms with Gasteiger partial charge >= 0.3 is 0 Å². The molecular weight excluding hydrogens is 375 g/mol. The van der Waals surface area contributed by atoms with Crippen LogP contribution in [-0.4, -0.2) is 27.5 Å². The molecule has 26 heavy (non-hydrogen) atoms. The Morgan fingerprint density at radius 2 is 1.96 bits per heavy atom. The van der Waals surface area contributed by atoms with Crippen LogP contribution in [0.3, 0.4) is 0 Å². The maximum Gasteiger partial charge on any atom is 0.259 e. The maximum absolute atomic E-state index is 12.3. The molecule has 2 aromatic carbocycles. The first kappa shape index (κ1) is 16.6. The minimum Gasteiger partial charge on any atom is -0.509 e. The minimum atomic E-state index is -0.335. The molecule has 0 amide bonds. The monoisotopic (exact) mass is 386 g/mol. The standard InChI is InChI=1S/C18H12Cl2N4O2/c19-9-5-6-11(20)13(7-9)24-8-14(25)15(16(24)21)17-22-12-4-2-1-3-10(12)18(26)23-17/h1-7,21,25H,8H2,(H,22,23,26). The molecule has 1 aromatic heterocycles. The molecule has 0 fully saturated rings. The SMILES string of the molecule is N=C1C(c2nc3ccccc3c(=O)[nH]2)=C(O)CN1c1cc(Cl)ccc1Cl. The summed E-state index contributed by atoms with van der Waals surface area (Å²) in [5.41, 5.74) is 0.800. The third kappa shape index (κ3) is 2.64. The molecular formula is C18H12Cl2N4O2. The van der Waals surface area contributed by atoms with Gasteiger partial charge in [-0.2, -0.15) is 0 Å². The number of hydrogen-bond donors (Lipinski definition) is 3. The van der Waals surface area contributed by atoms with Gasteiger partial charge in [-0.15, -0.1) is 0 Å². The van der Waals surface area contributed by atoms with Gasteiger partial charge in [0.25, 0.3) is 5.56 Å². The fourth-order valence-corrected chi connectivity index (χ4v) is 3.32. The van der Waals surface area contributed by atoms with E-state index in [1.54, 1.807) is 42.5 Å².